The van der Waals surface area contributed by atoms with Crippen molar-refractivity contribution in [1.82, 2.24) is 29.9 Å². The molecule has 8 aromatic carbocycles. The van der Waals surface area contributed by atoms with Crippen molar-refractivity contribution in [2.75, 3.05) is 0 Å². The third kappa shape index (κ3) is 8.33. The van der Waals surface area contributed by atoms with Gasteiger partial charge in [0.2, 0.25) is 0 Å². The van der Waals surface area contributed by atoms with Gasteiger partial charge in [0.15, 0.2) is 34.9 Å². The molecule has 0 unspecified atom stereocenters. The van der Waals surface area contributed by atoms with Gasteiger partial charge in [-0.25, -0.2) is 29.9 Å². The highest BCUT2D eigenvalue weighted by Gasteiger charge is 2.36. The Morgan fingerprint density at radius 1 is 0.212 bits per heavy atom. The Morgan fingerprint density at radius 3 is 0.712 bits per heavy atom. The summed E-state index contributed by atoms with van der Waals surface area (Å²) in [5, 5.41) is 0. The summed E-state index contributed by atoms with van der Waals surface area (Å²) >= 11 is 0. The molecule has 6 nitrogen and oxygen atoms in total. The van der Waals surface area contributed by atoms with Gasteiger partial charge in [0, 0.05) is 38.8 Å². The summed E-state index contributed by atoms with van der Waals surface area (Å²) < 4.78 is 0. The molecular formula is C60H46N6. The second-order valence-electron chi connectivity index (χ2n) is 17.0. The highest BCUT2D eigenvalue weighted by molar-refractivity contribution is 5.73. The fourth-order valence-electron chi connectivity index (χ4n) is 9.36. The van der Waals surface area contributed by atoms with E-state index in [1.54, 1.807) is 0 Å². The summed E-state index contributed by atoms with van der Waals surface area (Å²) in [5.74, 6) is 3.90. The minimum atomic E-state index is -0.130. The van der Waals surface area contributed by atoms with Gasteiger partial charge in [-0.05, 0) is 46.2 Å². The van der Waals surface area contributed by atoms with Crippen LogP contribution in [0.3, 0.4) is 0 Å². The van der Waals surface area contributed by atoms with E-state index in [1.165, 1.54) is 41.5 Å². The summed E-state index contributed by atoms with van der Waals surface area (Å²) in [5.41, 5.74) is 12.8. The van der Waals surface area contributed by atoms with Crippen LogP contribution >= 0.6 is 0 Å². The van der Waals surface area contributed by atoms with Gasteiger partial charge in [-0.1, -0.05) is 238 Å². The molecule has 0 saturated heterocycles. The van der Waals surface area contributed by atoms with Crippen LogP contribution in [0.1, 0.15) is 43.2 Å². The lowest BCUT2D eigenvalue weighted by Crippen LogP contribution is -2.30. The maximum atomic E-state index is 5.09. The Balaban J connectivity index is 0.919. The van der Waals surface area contributed by atoms with Crippen molar-refractivity contribution in [2.24, 2.45) is 0 Å². The largest absolute Gasteiger partial charge is 0.208 e. The molecule has 10 aromatic rings. The predicted molar refractivity (Wildman–Crippen MR) is 267 cm³/mol. The van der Waals surface area contributed by atoms with Gasteiger partial charge >= 0.3 is 0 Å². The highest BCUT2D eigenvalue weighted by atomic mass is 15.0. The maximum absolute atomic E-state index is 5.09. The topological polar surface area (TPSA) is 77.3 Å². The van der Waals surface area contributed by atoms with Crippen molar-refractivity contribution in [3.8, 4) is 90.6 Å². The second-order valence-corrected chi connectivity index (χ2v) is 17.0. The highest BCUT2D eigenvalue weighted by Crippen LogP contribution is 2.46. The third-order valence-corrected chi connectivity index (χ3v) is 12.9. The maximum Gasteiger partial charge on any atom is 0.164 e. The van der Waals surface area contributed by atoms with E-state index in [1.807, 2.05) is 48.5 Å². The molecule has 1 fully saturated rings. The zero-order valence-corrected chi connectivity index (χ0v) is 36.5. The minimum Gasteiger partial charge on any atom is -0.208 e. The van der Waals surface area contributed by atoms with Crippen LogP contribution in [0.2, 0.25) is 0 Å². The van der Waals surface area contributed by atoms with E-state index in [9.17, 15) is 0 Å². The van der Waals surface area contributed by atoms with Crippen LogP contribution in [0, 0.1) is 0 Å². The SMILES string of the molecule is c1ccc(-c2ccc(-c3nc(-c4ccccc4)nc(-c4ccc(C5(c6ccc(-c7nc(-c8ccccc8)nc(-c8ccc(-c9ccccc9)cc8)n7)cc6)CCCCC5)cc4)n3)cc2)cc1. The van der Waals surface area contributed by atoms with Gasteiger partial charge in [-0.3, -0.25) is 0 Å². The van der Waals surface area contributed by atoms with Crippen LogP contribution in [-0.4, -0.2) is 29.9 Å². The quantitative estimate of drug-likeness (QED) is 0.136. The van der Waals surface area contributed by atoms with Crippen LogP contribution in [0.5, 0.6) is 0 Å². The van der Waals surface area contributed by atoms with Crippen LogP contribution in [0.4, 0.5) is 0 Å². The molecule has 2 aromatic heterocycles. The molecule has 11 rings (SSSR count). The van der Waals surface area contributed by atoms with E-state index < -0.39 is 0 Å². The van der Waals surface area contributed by atoms with Crippen molar-refractivity contribution >= 4 is 0 Å². The van der Waals surface area contributed by atoms with E-state index in [4.69, 9.17) is 29.9 Å². The van der Waals surface area contributed by atoms with Crippen molar-refractivity contribution in [1.29, 1.82) is 0 Å². The van der Waals surface area contributed by atoms with E-state index in [0.717, 1.165) is 57.3 Å². The van der Waals surface area contributed by atoms with E-state index >= 15 is 0 Å². The molecule has 6 heteroatoms. The van der Waals surface area contributed by atoms with Crippen LogP contribution in [0.25, 0.3) is 90.6 Å². The Bertz CT molecular complexity index is 2990. The molecular weight excluding hydrogens is 805 g/mol. The molecule has 316 valence electrons. The zero-order chi connectivity index (χ0) is 44.1. The predicted octanol–water partition coefficient (Wildman–Crippen LogP) is 14.6. The summed E-state index contributed by atoms with van der Waals surface area (Å²) in [4.78, 5) is 30.3. The Morgan fingerprint density at radius 2 is 0.424 bits per heavy atom. The fourth-order valence-corrected chi connectivity index (χ4v) is 9.36. The normalized spacial score (nSPS) is 13.3. The molecule has 0 N–H and O–H groups in total. The van der Waals surface area contributed by atoms with E-state index in [0.29, 0.717) is 34.9 Å². The van der Waals surface area contributed by atoms with Crippen LogP contribution in [-0.2, 0) is 5.41 Å². The van der Waals surface area contributed by atoms with Crippen molar-refractivity contribution in [2.45, 2.75) is 37.5 Å². The molecule has 66 heavy (non-hydrogen) atoms. The van der Waals surface area contributed by atoms with Gasteiger partial charge < -0.3 is 0 Å². The van der Waals surface area contributed by atoms with Crippen molar-refractivity contribution in [3.05, 3.63) is 230 Å². The standard InChI is InChI=1S/C60H46N6/c1-6-16-42(17-7-1)44-24-28-48(29-25-44)56-61-54(46-20-10-3-11-21-46)63-58(65-56)50-32-36-52(37-33-50)60(40-14-5-15-41-60)53-38-34-51(35-39-53)59-64-55(47-22-12-4-13-23-47)62-57(66-59)49-30-26-45(27-31-49)43-18-8-2-9-19-43/h1-4,6-13,16-39H,5,14-15,40-41H2. The number of benzene rings is 8. The van der Waals surface area contributed by atoms with Gasteiger partial charge in [0.05, 0.1) is 0 Å². The first-order valence-corrected chi connectivity index (χ1v) is 22.8. The Hall–Kier alpha value is -8.22. The molecule has 0 radical (unpaired) electrons. The third-order valence-electron chi connectivity index (χ3n) is 12.9. The first kappa shape index (κ1) is 40.5. The minimum absolute atomic E-state index is 0.130. The smallest absolute Gasteiger partial charge is 0.164 e. The first-order valence-electron chi connectivity index (χ1n) is 22.8. The molecule has 0 aliphatic heterocycles. The van der Waals surface area contributed by atoms with E-state index in [2.05, 4.69) is 170 Å². The molecule has 1 aliphatic carbocycles. The van der Waals surface area contributed by atoms with Gasteiger partial charge in [0.1, 0.15) is 0 Å². The summed E-state index contributed by atoms with van der Waals surface area (Å²) in [7, 11) is 0. The average Bonchev–Trinajstić information content (AvgIpc) is 3.42. The van der Waals surface area contributed by atoms with Gasteiger partial charge in [0.25, 0.3) is 0 Å². The molecule has 2 heterocycles. The zero-order valence-electron chi connectivity index (χ0n) is 36.5. The fraction of sp³-hybridized carbons (Fsp3) is 0.100. The number of nitrogens with zero attached hydrogens (tertiary/aromatic N) is 6. The number of hydrogen-bond donors (Lipinski definition) is 0. The number of rotatable bonds is 10. The second kappa shape index (κ2) is 18.1. The molecule has 0 atom stereocenters. The summed E-state index contributed by atoms with van der Waals surface area (Å²) in [6, 6.07) is 76.0. The van der Waals surface area contributed by atoms with Gasteiger partial charge in [-0.15, -0.1) is 0 Å². The Kier molecular flexibility index (Phi) is 11.1. The lowest BCUT2D eigenvalue weighted by Gasteiger charge is -2.39. The summed E-state index contributed by atoms with van der Waals surface area (Å²) in [6.07, 6.45) is 5.73. The lowest BCUT2D eigenvalue weighted by molar-refractivity contribution is 0.346. The molecule has 1 aliphatic rings. The molecule has 1 saturated carbocycles. The molecule has 0 amide bonds. The number of aromatic nitrogens is 6. The molecule has 0 spiro atoms. The molecule has 0 bridgehead atoms. The van der Waals surface area contributed by atoms with Gasteiger partial charge in [-0.2, -0.15) is 0 Å². The monoisotopic (exact) mass is 850 g/mol. The first-order chi connectivity index (χ1) is 32.6. The summed E-state index contributed by atoms with van der Waals surface area (Å²) in [6.45, 7) is 0. The van der Waals surface area contributed by atoms with E-state index in [-0.39, 0.29) is 5.41 Å². The van der Waals surface area contributed by atoms with Crippen molar-refractivity contribution < 1.29 is 0 Å². The average molecular weight is 851 g/mol. The number of hydrogen-bond acceptors (Lipinski definition) is 6. The van der Waals surface area contributed by atoms with Crippen LogP contribution < -0.4 is 0 Å². The van der Waals surface area contributed by atoms with Crippen molar-refractivity contribution in [3.63, 3.8) is 0 Å². The van der Waals surface area contributed by atoms with Crippen LogP contribution in [0.15, 0.2) is 218 Å². The lowest BCUT2D eigenvalue weighted by atomic mass is 9.65. The Labute approximate surface area is 385 Å².